The summed E-state index contributed by atoms with van der Waals surface area (Å²) in [5, 5.41) is 0. The molecule has 0 radical (unpaired) electrons. The number of carbonyl (C=O) groups excluding carboxylic acids is 3. The molecule has 8 nitrogen and oxygen atoms in total. The molecule has 28 heavy (non-hydrogen) atoms. The van der Waals surface area contributed by atoms with Gasteiger partial charge >= 0.3 is 5.97 Å². The first-order valence-electron chi connectivity index (χ1n) is 9.31. The maximum absolute atomic E-state index is 13.0. The molecule has 1 fully saturated rings. The molecule has 0 unspecified atom stereocenters. The van der Waals surface area contributed by atoms with Crippen molar-refractivity contribution in [3.8, 4) is 0 Å². The lowest BCUT2D eigenvalue weighted by Crippen LogP contribution is -2.50. The number of carbonyl (C=O) groups is 3. The third-order valence-electron chi connectivity index (χ3n) is 4.78. The fourth-order valence-electron chi connectivity index (χ4n) is 3.37. The van der Waals surface area contributed by atoms with Crippen molar-refractivity contribution in [3.05, 3.63) is 46.7 Å². The van der Waals surface area contributed by atoms with Gasteiger partial charge in [0.25, 0.3) is 11.8 Å². The molecule has 0 atom stereocenters. The molecule has 1 saturated heterocycles. The number of aromatic nitrogens is 1. The molecule has 0 aliphatic carbocycles. The van der Waals surface area contributed by atoms with Crippen molar-refractivity contribution < 1.29 is 23.5 Å². The first-order chi connectivity index (χ1) is 13.3. The molecule has 2 amide bonds. The molecular weight excluding hydrogens is 362 g/mol. The number of esters is 1. The molecule has 1 aliphatic rings. The minimum atomic E-state index is -0.436. The molecule has 0 spiro atoms. The van der Waals surface area contributed by atoms with Crippen molar-refractivity contribution in [2.24, 2.45) is 0 Å². The fourth-order valence-corrected chi connectivity index (χ4v) is 3.37. The van der Waals surface area contributed by atoms with Crippen molar-refractivity contribution in [1.82, 2.24) is 14.8 Å². The summed E-state index contributed by atoms with van der Waals surface area (Å²) in [5.41, 5.74) is 1.99. The van der Waals surface area contributed by atoms with E-state index in [1.54, 1.807) is 49.6 Å². The molecule has 0 aromatic carbocycles. The second kappa shape index (κ2) is 7.92. The van der Waals surface area contributed by atoms with Gasteiger partial charge in [0, 0.05) is 31.9 Å². The number of nitrogens with one attached hydrogen (secondary N) is 1. The van der Waals surface area contributed by atoms with Gasteiger partial charge in [-0.2, -0.15) is 0 Å². The van der Waals surface area contributed by atoms with Gasteiger partial charge in [-0.05, 0) is 45.4 Å². The molecule has 3 rings (SSSR count). The number of furan rings is 1. The Kier molecular flexibility index (Phi) is 5.58. The third kappa shape index (κ3) is 3.81. The predicted octanol–water partition coefficient (Wildman–Crippen LogP) is 2.39. The Balaban J connectivity index is 1.69. The van der Waals surface area contributed by atoms with Crippen molar-refractivity contribution in [3.63, 3.8) is 0 Å². The average Bonchev–Trinajstić information content (AvgIpc) is 3.28. The van der Waals surface area contributed by atoms with Crippen LogP contribution >= 0.6 is 0 Å². The number of hydrogen-bond donors (Lipinski definition) is 1. The summed E-state index contributed by atoms with van der Waals surface area (Å²) in [6.45, 7) is 8.72. The zero-order chi connectivity index (χ0) is 20.4. The normalized spacial score (nSPS) is 14.5. The predicted molar refractivity (Wildman–Crippen MR) is 101 cm³/mol. The van der Waals surface area contributed by atoms with Crippen LogP contribution in [-0.2, 0) is 4.74 Å². The van der Waals surface area contributed by atoms with Gasteiger partial charge in [0.15, 0.2) is 5.76 Å². The number of hydrogen-bond acceptors (Lipinski definition) is 5. The van der Waals surface area contributed by atoms with Crippen LogP contribution in [-0.4, -0.2) is 64.9 Å². The van der Waals surface area contributed by atoms with E-state index in [1.807, 2.05) is 0 Å². The average molecular weight is 387 g/mol. The van der Waals surface area contributed by atoms with Crippen molar-refractivity contribution in [2.45, 2.75) is 33.8 Å². The number of aromatic amines is 1. The summed E-state index contributed by atoms with van der Waals surface area (Å²) in [5.74, 6) is -0.505. The molecular formula is C20H25N3O5. The number of aryl methyl sites for hydroxylation is 1. The van der Waals surface area contributed by atoms with Crippen LogP contribution in [0.1, 0.15) is 56.5 Å². The zero-order valence-corrected chi connectivity index (χ0v) is 16.6. The highest BCUT2D eigenvalue weighted by molar-refractivity contribution is 6.00. The van der Waals surface area contributed by atoms with Gasteiger partial charge < -0.3 is 23.9 Å². The Labute approximate surface area is 163 Å². The second-order valence-corrected chi connectivity index (χ2v) is 7.14. The van der Waals surface area contributed by atoms with E-state index in [1.165, 1.54) is 6.26 Å². The Morgan fingerprint density at radius 2 is 1.68 bits per heavy atom. The van der Waals surface area contributed by atoms with Crippen LogP contribution in [0.4, 0.5) is 0 Å². The number of rotatable bonds is 4. The van der Waals surface area contributed by atoms with Gasteiger partial charge in [-0.3, -0.25) is 9.59 Å². The Bertz CT molecular complexity index is 874. The third-order valence-corrected chi connectivity index (χ3v) is 4.78. The Hall–Kier alpha value is -3.03. The summed E-state index contributed by atoms with van der Waals surface area (Å²) in [7, 11) is 0. The molecule has 0 bridgehead atoms. The lowest BCUT2D eigenvalue weighted by atomic mass is 10.1. The van der Waals surface area contributed by atoms with Gasteiger partial charge in [-0.1, -0.05) is 0 Å². The monoisotopic (exact) mass is 387 g/mol. The second-order valence-electron chi connectivity index (χ2n) is 7.14. The quantitative estimate of drug-likeness (QED) is 0.813. The number of amides is 2. The zero-order valence-electron chi connectivity index (χ0n) is 16.6. The standard InChI is InChI=1S/C20H25N3O5/c1-12(2)28-20(26)16-13(3)17(21-14(16)4)19(25)23-9-7-22(8-10-23)18(24)15-6-5-11-27-15/h5-6,11-12,21H,7-10H2,1-4H3. The Morgan fingerprint density at radius 3 is 2.21 bits per heavy atom. The van der Waals surface area contributed by atoms with Gasteiger partial charge in [0.2, 0.25) is 0 Å². The van der Waals surface area contributed by atoms with Crippen LogP contribution in [0.25, 0.3) is 0 Å². The largest absolute Gasteiger partial charge is 0.459 e. The number of piperazine rings is 1. The smallest absolute Gasteiger partial charge is 0.340 e. The summed E-state index contributed by atoms with van der Waals surface area (Å²) in [4.78, 5) is 44.0. The Morgan fingerprint density at radius 1 is 1.07 bits per heavy atom. The highest BCUT2D eigenvalue weighted by atomic mass is 16.5. The van der Waals surface area contributed by atoms with Crippen LogP contribution in [0.5, 0.6) is 0 Å². The number of H-pyrrole nitrogens is 1. The summed E-state index contributed by atoms with van der Waals surface area (Å²) in [6.07, 6.45) is 1.23. The summed E-state index contributed by atoms with van der Waals surface area (Å²) in [6, 6.07) is 3.30. The minimum absolute atomic E-state index is 0.178. The van der Waals surface area contributed by atoms with E-state index in [0.29, 0.717) is 54.5 Å². The van der Waals surface area contributed by atoms with E-state index in [4.69, 9.17) is 9.15 Å². The van der Waals surface area contributed by atoms with E-state index < -0.39 is 5.97 Å². The van der Waals surface area contributed by atoms with Crippen LogP contribution < -0.4 is 0 Å². The molecule has 0 saturated carbocycles. The van der Waals surface area contributed by atoms with E-state index in [2.05, 4.69) is 4.98 Å². The molecule has 1 N–H and O–H groups in total. The first kappa shape index (κ1) is 19.7. The molecule has 2 aromatic heterocycles. The SMILES string of the molecule is Cc1[nH]c(C(=O)N2CCN(C(=O)c3ccco3)CC2)c(C)c1C(=O)OC(C)C. The molecule has 3 heterocycles. The lowest BCUT2D eigenvalue weighted by Gasteiger charge is -2.34. The molecule has 1 aliphatic heterocycles. The maximum Gasteiger partial charge on any atom is 0.340 e. The first-order valence-corrected chi connectivity index (χ1v) is 9.31. The van der Waals surface area contributed by atoms with Gasteiger partial charge in [0.05, 0.1) is 17.9 Å². The fraction of sp³-hybridized carbons (Fsp3) is 0.450. The topological polar surface area (TPSA) is 95.9 Å². The van der Waals surface area contributed by atoms with Crippen LogP contribution in [0.2, 0.25) is 0 Å². The van der Waals surface area contributed by atoms with Crippen molar-refractivity contribution in [2.75, 3.05) is 26.2 Å². The summed E-state index contributed by atoms with van der Waals surface area (Å²) < 4.78 is 10.4. The van der Waals surface area contributed by atoms with E-state index in [9.17, 15) is 14.4 Å². The highest BCUT2D eigenvalue weighted by Gasteiger charge is 2.30. The van der Waals surface area contributed by atoms with Crippen LogP contribution in [0.15, 0.2) is 22.8 Å². The van der Waals surface area contributed by atoms with Crippen LogP contribution in [0.3, 0.4) is 0 Å². The summed E-state index contributed by atoms with van der Waals surface area (Å²) >= 11 is 0. The molecule has 2 aromatic rings. The minimum Gasteiger partial charge on any atom is -0.459 e. The van der Waals surface area contributed by atoms with E-state index in [0.717, 1.165) is 0 Å². The molecule has 8 heteroatoms. The molecule has 150 valence electrons. The highest BCUT2D eigenvalue weighted by Crippen LogP contribution is 2.22. The van der Waals surface area contributed by atoms with Gasteiger partial charge in [0.1, 0.15) is 5.69 Å². The van der Waals surface area contributed by atoms with Crippen molar-refractivity contribution >= 4 is 17.8 Å². The van der Waals surface area contributed by atoms with Crippen molar-refractivity contribution in [1.29, 1.82) is 0 Å². The maximum atomic E-state index is 13.0. The van der Waals surface area contributed by atoms with E-state index >= 15 is 0 Å². The van der Waals surface area contributed by atoms with Gasteiger partial charge in [-0.25, -0.2) is 4.79 Å². The van der Waals surface area contributed by atoms with Gasteiger partial charge in [-0.15, -0.1) is 0 Å². The number of ether oxygens (including phenoxy) is 1. The van der Waals surface area contributed by atoms with E-state index in [-0.39, 0.29) is 17.9 Å². The number of nitrogens with zero attached hydrogens (tertiary/aromatic N) is 2. The van der Waals surface area contributed by atoms with Crippen LogP contribution in [0, 0.1) is 13.8 Å². The lowest BCUT2D eigenvalue weighted by molar-refractivity contribution is 0.0376.